The maximum absolute atomic E-state index is 5.03. The highest BCUT2D eigenvalue weighted by Crippen LogP contribution is 2.29. The highest BCUT2D eigenvalue weighted by atomic mass is 16.7. The van der Waals surface area contributed by atoms with Crippen molar-refractivity contribution in [2.45, 2.75) is 18.8 Å². The average Bonchev–Trinajstić information content (AvgIpc) is 1.72. The van der Waals surface area contributed by atoms with Crippen molar-refractivity contribution in [3.05, 3.63) is 0 Å². The van der Waals surface area contributed by atoms with E-state index in [9.17, 15) is 0 Å². The Labute approximate surface area is 36.0 Å². The molecule has 6 heavy (non-hydrogen) atoms. The Morgan fingerprint density at radius 1 is 1.50 bits per heavy atom. The molecule has 3 aliphatic rings. The van der Waals surface area contributed by atoms with Crippen LogP contribution in [0.3, 0.4) is 0 Å². The minimum absolute atomic E-state index is 0.190. The Morgan fingerprint density at radius 2 is 2.33 bits per heavy atom. The fourth-order valence-electron chi connectivity index (χ4n) is 0.848. The maximum Gasteiger partial charge on any atom is 0.160 e. The molecule has 2 atom stereocenters. The van der Waals surface area contributed by atoms with Crippen LogP contribution in [-0.4, -0.2) is 19.0 Å². The molecule has 3 aliphatic heterocycles. The van der Waals surface area contributed by atoms with Crippen LogP contribution in [0.15, 0.2) is 0 Å². The molecule has 0 spiro atoms. The van der Waals surface area contributed by atoms with E-state index >= 15 is 0 Å². The first-order valence-electron chi connectivity index (χ1n) is 2.22. The lowest BCUT2D eigenvalue weighted by atomic mass is 10.2. The summed E-state index contributed by atoms with van der Waals surface area (Å²) in [5, 5.41) is 0. The van der Waals surface area contributed by atoms with Crippen LogP contribution in [0.5, 0.6) is 0 Å². The molecule has 3 rings (SSSR count). The van der Waals surface area contributed by atoms with E-state index in [2.05, 4.69) is 0 Å². The van der Waals surface area contributed by atoms with Crippen molar-refractivity contribution in [3.63, 3.8) is 0 Å². The number of hydrogen-bond acceptors (Lipinski definition) is 2. The number of fused-ring (bicyclic) bond motifs is 1. The zero-order chi connectivity index (χ0) is 3.98. The highest BCUT2D eigenvalue weighted by Gasteiger charge is 2.38. The van der Waals surface area contributed by atoms with Crippen LogP contribution >= 0.6 is 0 Å². The highest BCUT2D eigenvalue weighted by molar-refractivity contribution is 4.77. The fourth-order valence-corrected chi connectivity index (χ4v) is 0.848. The van der Waals surface area contributed by atoms with E-state index < -0.39 is 0 Å². The first kappa shape index (κ1) is 2.99. The van der Waals surface area contributed by atoms with E-state index in [0.717, 1.165) is 13.0 Å². The van der Waals surface area contributed by atoms with E-state index in [-0.39, 0.29) is 6.29 Å². The smallest absolute Gasteiger partial charge is 0.160 e. The van der Waals surface area contributed by atoms with Gasteiger partial charge in [0.1, 0.15) is 0 Å². The zero-order valence-electron chi connectivity index (χ0n) is 3.39. The number of hydrogen-bond donors (Lipinski definition) is 0. The predicted octanol–water partition coefficient (Wildman–Crippen LogP) is 0.132. The minimum Gasteiger partial charge on any atom is -0.350 e. The third kappa shape index (κ3) is 0.200. The molecule has 2 unspecified atom stereocenters. The summed E-state index contributed by atoms with van der Waals surface area (Å²) >= 11 is 0. The van der Waals surface area contributed by atoms with Crippen LogP contribution in [0.1, 0.15) is 6.42 Å². The molecule has 3 fully saturated rings. The van der Waals surface area contributed by atoms with Crippen molar-refractivity contribution in [2.75, 3.05) is 6.61 Å². The summed E-state index contributed by atoms with van der Waals surface area (Å²) in [6, 6.07) is 0. The standard InChI is InChI=1S/C4H6O2/c1-3-2-5-4(1)6-3/h3-4H,1-2H2. The van der Waals surface area contributed by atoms with Crippen molar-refractivity contribution in [3.8, 4) is 0 Å². The van der Waals surface area contributed by atoms with Gasteiger partial charge in [-0.2, -0.15) is 0 Å². The lowest BCUT2D eigenvalue weighted by Gasteiger charge is -2.19. The second-order valence-corrected chi connectivity index (χ2v) is 1.76. The maximum atomic E-state index is 5.03. The Bertz CT molecular complexity index is 52.4. The van der Waals surface area contributed by atoms with Crippen molar-refractivity contribution in [1.29, 1.82) is 0 Å². The van der Waals surface area contributed by atoms with Crippen molar-refractivity contribution >= 4 is 0 Å². The second kappa shape index (κ2) is 0.768. The van der Waals surface area contributed by atoms with E-state index in [1.54, 1.807) is 0 Å². The van der Waals surface area contributed by atoms with Crippen molar-refractivity contribution < 1.29 is 9.47 Å². The summed E-state index contributed by atoms with van der Waals surface area (Å²) in [6.45, 7) is 0.838. The van der Waals surface area contributed by atoms with E-state index in [1.807, 2.05) is 0 Å². The lowest BCUT2D eigenvalue weighted by molar-refractivity contribution is -0.139. The Hall–Kier alpha value is -0.0800. The minimum atomic E-state index is 0.190. The molecular weight excluding hydrogens is 80.0 g/mol. The van der Waals surface area contributed by atoms with Crippen LogP contribution in [0.2, 0.25) is 0 Å². The first-order chi connectivity index (χ1) is 2.95. The SMILES string of the molecule is C1OC2CC1O2. The predicted molar refractivity (Wildman–Crippen MR) is 19.2 cm³/mol. The molecule has 0 N–H and O–H groups in total. The van der Waals surface area contributed by atoms with Gasteiger partial charge in [-0.3, -0.25) is 0 Å². The van der Waals surface area contributed by atoms with Crippen LogP contribution in [-0.2, 0) is 9.47 Å². The van der Waals surface area contributed by atoms with Crippen molar-refractivity contribution in [2.24, 2.45) is 0 Å². The van der Waals surface area contributed by atoms with Crippen LogP contribution in [0, 0.1) is 0 Å². The van der Waals surface area contributed by atoms with Gasteiger partial charge < -0.3 is 9.47 Å². The van der Waals surface area contributed by atoms with E-state index in [0.29, 0.717) is 6.10 Å². The molecule has 3 saturated heterocycles. The monoisotopic (exact) mass is 86.0 g/mol. The average molecular weight is 86.1 g/mol. The summed E-state index contributed by atoms with van der Waals surface area (Å²) in [7, 11) is 0. The normalized spacial score (nSPS) is 52.0. The van der Waals surface area contributed by atoms with Gasteiger partial charge in [0.05, 0.1) is 12.7 Å². The van der Waals surface area contributed by atoms with Crippen LogP contribution < -0.4 is 0 Å². The molecular formula is C4H6O2. The molecule has 3 heterocycles. The second-order valence-electron chi connectivity index (χ2n) is 1.76. The number of ether oxygens (including phenoxy) is 2. The molecule has 2 bridgehead atoms. The summed E-state index contributed by atoms with van der Waals surface area (Å²) in [6.07, 6.45) is 1.80. The quantitative estimate of drug-likeness (QED) is 0.417. The molecule has 0 saturated carbocycles. The molecule has 0 aromatic rings. The van der Waals surface area contributed by atoms with Gasteiger partial charge in [-0.15, -0.1) is 0 Å². The summed E-state index contributed by atoms with van der Waals surface area (Å²) < 4.78 is 10.0. The summed E-state index contributed by atoms with van der Waals surface area (Å²) in [4.78, 5) is 0. The van der Waals surface area contributed by atoms with Gasteiger partial charge in [-0.25, -0.2) is 0 Å². The molecule has 0 aliphatic carbocycles. The number of rotatable bonds is 0. The van der Waals surface area contributed by atoms with Gasteiger partial charge in [0.25, 0.3) is 0 Å². The van der Waals surface area contributed by atoms with Gasteiger partial charge in [-0.05, 0) is 0 Å². The molecule has 0 amide bonds. The zero-order valence-corrected chi connectivity index (χ0v) is 3.39. The van der Waals surface area contributed by atoms with Gasteiger partial charge in [0.2, 0.25) is 0 Å². The van der Waals surface area contributed by atoms with E-state index in [4.69, 9.17) is 9.47 Å². The molecule has 2 heteroatoms. The Morgan fingerprint density at radius 3 is 2.50 bits per heavy atom. The summed E-state index contributed by atoms with van der Waals surface area (Å²) in [5.41, 5.74) is 0. The fraction of sp³-hybridized carbons (Fsp3) is 1.00. The largest absolute Gasteiger partial charge is 0.350 e. The molecule has 0 radical (unpaired) electrons. The lowest BCUT2D eigenvalue weighted by Crippen LogP contribution is -2.26. The van der Waals surface area contributed by atoms with Crippen LogP contribution in [0.25, 0.3) is 0 Å². The van der Waals surface area contributed by atoms with E-state index in [1.165, 1.54) is 0 Å². The van der Waals surface area contributed by atoms with Gasteiger partial charge in [0, 0.05) is 6.42 Å². The van der Waals surface area contributed by atoms with Crippen molar-refractivity contribution in [1.82, 2.24) is 0 Å². The summed E-state index contributed by atoms with van der Waals surface area (Å²) in [5.74, 6) is 0. The van der Waals surface area contributed by atoms with Crippen LogP contribution in [0.4, 0.5) is 0 Å². The molecule has 0 aromatic heterocycles. The topological polar surface area (TPSA) is 18.5 Å². The molecule has 34 valence electrons. The van der Waals surface area contributed by atoms with Gasteiger partial charge in [-0.1, -0.05) is 0 Å². The third-order valence-corrected chi connectivity index (χ3v) is 1.27. The molecule has 2 nitrogen and oxygen atoms in total. The Kier molecular flexibility index (Phi) is 0.383. The first-order valence-corrected chi connectivity index (χ1v) is 2.22. The molecule has 0 aromatic carbocycles. The van der Waals surface area contributed by atoms with Gasteiger partial charge >= 0.3 is 0 Å². The van der Waals surface area contributed by atoms with Gasteiger partial charge in [0.15, 0.2) is 6.29 Å². The third-order valence-electron chi connectivity index (χ3n) is 1.27. The Balaban J connectivity index is 2.16.